The number of H-pyrrole nitrogens is 1. The average molecular weight is 491 g/mol. The normalized spacial score (nSPS) is 14.0. The molecule has 1 amide bonds. The predicted octanol–water partition coefficient (Wildman–Crippen LogP) is 3.77. The van der Waals surface area contributed by atoms with Crippen molar-refractivity contribution in [1.29, 1.82) is 0 Å². The van der Waals surface area contributed by atoms with E-state index in [1.165, 1.54) is 36.5 Å². The highest BCUT2D eigenvalue weighted by Crippen LogP contribution is 2.39. The van der Waals surface area contributed by atoms with Crippen molar-refractivity contribution in [3.8, 4) is 0 Å². The van der Waals surface area contributed by atoms with Crippen LogP contribution in [-0.2, 0) is 10.7 Å². The van der Waals surface area contributed by atoms with Crippen LogP contribution in [-0.4, -0.2) is 52.0 Å². The van der Waals surface area contributed by atoms with Crippen molar-refractivity contribution >= 4 is 40.1 Å². The number of carbonyl (C=O) groups is 1. The zero-order valence-corrected chi connectivity index (χ0v) is 19.3. The van der Waals surface area contributed by atoms with Gasteiger partial charge in [0.1, 0.15) is 17.2 Å². The maximum atomic E-state index is 15.8. The molecule has 184 valence electrons. The van der Waals surface area contributed by atoms with Gasteiger partial charge in [-0.15, -0.1) is 0 Å². The van der Waals surface area contributed by atoms with E-state index in [0.717, 1.165) is 38.1 Å². The summed E-state index contributed by atoms with van der Waals surface area (Å²) >= 11 is 0. The Labute approximate surface area is 205 Å². The molecule has 5 rings (SSSR count). The number of hydrogen-bond donors (Lipinski definition) is 4. The number of piperazine rings is 1. The van der Waals surface area contributed by atoms with Crippen LogP contribution in [0.25, 0.3) is 11.0 Å². The Morgan fingerprint density at radius 2 is 1.94 bits per heavy atom. The minimum atomic E-state index is -3.47. The lowest BCUT2D eigenvalue weighted by atomic mass is 10.0. The summed E-state index contributed by atoms with van der Waals surface area (Å²) in [5.74, 6) is -3.11. The largest absolute Gasteiger partial charge is 0.354 e. The first-order chi connectivity index (χ1) is 17.4. The van der Waals surface area contributed by atoms with Crippen molar-refractivity contribution in [2.45, 2.75) is 5.92 Å². The second kappa shape index (κ2) is 9.70. The van der Waals surface area contributed by atoms with Crippen molar-refractivity contribution in [3.05, 3.63) is 78.8 Å². The molecule has 4 heterocycles. The van der Waals surface area contributed by atoms with Crippen molar-refractivity contribution < 1.29 is 13.6 Å². The standard InChI is InChI=1S/C25H24F2N8O/c1-2-21(36)31-17-5-3-4-16(14-17)25(26,27)22-19-8-9-29-23(19)34-24(33-22)32-18-6-7-20(30-15-18)35-12-10-28-11-13-35/h2-9,14-15,28H,1,10-13H2,(H,31,36)(H2,29,32,33,34). The molecule has 36 heavy (non-hydrogen) atoms. The van der Waals surface area contributed by atoms with Gasteiger partial charge < -0.3 is 25.8 Å². The fourth-order valence-corrected chi connectivity index (χ4v) is 4.03. The zero-order valence-electron chi connectivity index (χ0n) is 19.3. The summed E-state index contributed by atoms with van der Waals surface area (Å²) in [6.07, 6.45) is 4.23. The molecule has 0 radical (unpaired) electrons. The van der Waals surface area contributed by atoms with Crippen molar-refractivity contribution in [2.24, 2.45) is 0 Å². The van der Waals surface area contributed by atoms with Crippen LogP contribution < -0.4 is 20.9 Å². The van der Waals surface area contributed by atoms with Gasteiger partial charge in [0.05, 0.1) is 11.9 Å². The predicted molar refractivity (Wildman–Crippen MR) is 135 cm³/mol. The quantitative estimate of drug-likeness (QED) is 0.292. The first-order valence-corrected chi connectivity index (χ1v) is 11.4. The van der Waals surface area contributed by atoms with E-state index in [-0.39, 0.29) is 28.2 Å². The molecule has 1 saturated heterocycles. The fraction of sp³-hybridized carbons (Fsp3) is 0.200. The van der Waals surface area contributed by atoms with Crippen LogP contribution in [0.15, 0.2) is 67.5 Å². The maximum Gasteiger partial charge on any atom is 0.315 e. The summed E-state index contributed by atoms with van der Waals surface area (Å²) in [6.45, 7) is 6.90. The molecule has 1 aliphatic rings. The lowest BCUT2D eigenvalue weighted by Crippen LogP contribution is -2.43. The molecule has 0 atom stereocenters. The lowest BCUT2D eigenvalue weighted by molar-refractivity contribution is -0.111. The highest BCUT2D eigenvalue weighted by molar-refractivity contribution is 5.98. The van der Waals surface area contributed by atoms with E-state index < -0.39 is 17.5 Å². The van der Waals surface area contributed by atoms with Gasteiger partial charge in [-0.25, -0.2) is 9.97 Å². The second-order valence-electron chi connectivity index (χ2n) is 8.25. The number of rotatable bonds is 7. The van der Waals surface area contributed by atoms with Crippen LogP contribution in [0.4, 0.5) is 31.9 Å². The Balaban J connectivity index is 1.45. The molecule has 0 bridgehead atoms. The maximum absolute atomic E-state index is 15.8. The van der Waals surface area contributed by atoms with Gasteiger partial charge in [0, 0.05) is 49.0 Å². The van der Waals surface area contributed by atoms with E-state index >= 15 is 8.78 Å². The van der Waals surface area contributed by atoms with Gasteiger partial charge in [-0.1, -0.05) is 18.7 Å². The molecule has 4 N–H and O–H groups in total. The van der Waals surface area contributed by atoms with Crippen molar-refractivity contribution in [2.75, 3.05) is 41.7 Å². The molecule has 1 aliphatic heterocycles. The Hall–Kier alpha value is -4.38. The number of amides is 1. The molecule has 3 aromatic heterocycles. The van der Waals surface area contributed by atoms with Crippen molar-refractivity contribution in [3.63, 3.8) is 0 Å². The molecular formula is C25H24F2N8O. The molecule has 4 aromatic rings. The molecule has 9 nitrogen and oxygen atoms in total. The number of pyridine rings is 1. The average Bonchev–Trinajstić information content (AvgIpc) is 3.38. The summed E-state index contributed by atoms with van der Waals surface area (Å²) in [5.41, 5.74) is 0.282. The van der Waals surface area contributed by atoms with Crippen LogP contribution in [0, 0.1) is 0 Å². The number of aromatic amines is 1. The third kappa shape index (κ3) is 4.73. The first-order valence-electron chi connectivity index (χ1n) is 11.4. The fourth-order valence-electron chi connectivity index (χ4n) is 4.03. The van der Waals surface area contributed by atoms with E-state index in [2.05, 4.69) is 47.4 Å². The van der Waals surface area contributed by atoms with E-state index in [1.807, 2.05) is 12.1 Å². The van der Waals surface area contributed by atoms with Gasteiger partial charge in [0.15, 0.2) is 0 Å². The number of aromatic nitrogens is 4. The van der Waals surface area contributed by atoms with Gasteiger partial charge in [-0.3, -0.25) is 4.79 Å². The highest BCUT2D eigenvalue weighted by Gasteiger charge is 2.38. The van der Waals surface area contributed by atoms with Gasteiger partial charge in [0.2, 0.25) is 11.9 Å². The van der Waals surface area contributed by atoms with Crippen molar-refractivity contribution in [1.82, 2.24) is 25.3 Å². The molecule has 0 aliphatic carbocycles. The summed E-state index contributed by atoms with van der Waals surface area (Å²) in [6, 6.07) is 10.7. The van der Waals surface area contributed by atoms with Crippen LogP contribution in [0.2, 0.25) is 0 Å². The van der Waals surface area contributed by atoms with Gasteiger partial charge >= 0.3 is 5.92 Å². The number of nitrogens with one attached hydrogen (secondary N) is 4. The number of anilines is 4. The number of fused-ring (bicyclic) bond motifs is 1. The molecule has 0 saturated carbocycles. The van der Waals surface area contributed by atoms with E-state index in [0.29, 0.717) is 5.69 Å². The Kier molecular flexibility index (Phi) is 6.30. The number of carbonyl (C=O) groups excluding carboxylic acids is 1. The summed E-state index contributed by atoms with van der Waals surface area (Å²) in [5, 5.41) is 8.98. The van der Waals surface area contributed by atoms with Gasteiger partial charge in [0.25, 0.3) is 0 Å². The highest BCUT2D eigenvalue weighted by atomic mass is 19.3. The topological polar surface area (TPSA) is 111 Å². The number of nitrogens with zero attached hydrogens (tertiary/aromatic N) is 4. The molecule has 1 fully saturated rings. The zero-order chi connectivity index (χ0) is 25.1. The minimum absolute atomic E-state index is 0.00691. The molecule has 11 heteroatoms. The number of hydrogen-bond acceptors (Lipinski definition) is 7. The second-order valence-corrected chi connectivity index (χ2v) is 8.25. The van der Waals surface area contributed by atoms with Crippen LogP contribution >= 0.6 is 0 Å². The van der Waals surface area contributed by atoms with E-state index in [1.54, 1.807) is 6.20 Å². The third-order valence-electron chi connectivity index (χ3n) is 5.84. The van der Waals surface area contributed by atoms with Crippen LogP contribution in [0.1, 0.15) is 11.3 Å². The summed E-state index contributed by atoms with van der Waals surface area (Å²) in [7, 11) is 0. The number of benzene rings is 1. The molecule has 0 spiro atoms. The van der Waals surface area contributed by atoms with Gasteiger partial charge in [-0.2, -0.15) is 13.8 Å². The third-order valence-corrected chi connectivity index (χ3v) is 5.84. The van der Waals surface area contributed by atoms with Crippen LogP contribution in [0.3, 0.4) is 0 Å². The number of alkyl halides is 2. The first kappa shape index (κ1) is 23.4. The summed E-state index contributed by atoms with van der Waals surface area (Å²) < 4.78 is 31.6. The van der Waals surface area contributed by atoms with E-state index in [9.17, 15) is 4.79 Å². The Bertz CT molecular complexity index is 1400. The molecular weight excluding hydrogens is 466 g/mol. The monoisotopic (exact) mass is 490 g/mol. The van der Waals surface area contributed by atoms with Gasteiger partial charge in [-0.05, 0) is 36.4 Å². The Morgan fingerprint density at radius 3 is 2.69 bits per heavy atom. The lowest BCUT2D eigenvalue weighted by Gasteiger charge is -2.28. The Morgan fingerprint density at radius 1 is 1.11 bits per heavy atom. The summed E-state index contributed by atoms with van der Waals surface area (Å²) in [4.78, 5) is 29.7. The molecule has 0 unspecified atom stereocenters. The SMILES string of the molecule is C=CC(=O)Nc1cccc(C(F)(F)c2nc(Nc3ccc(N4CCNCC4)nc3)nc3[nH]ccc23)c1. The minimum Gasteiger partial charge on any atom is -0.354 e. The van der Waals surface area contributed by atoms with Crippen LogP contribution in [0.5, 0.6) is 0 Å². The number of halogens is 2. The molecule has 1 aromatic carbocycles. The van der Waals surface area contributed by atoms with E-state index in [4.69, 9.17) is 0 Å². The smallest absolute Gasteiger partial charge is 0.315 e.